The van der Waals surface area contributed by atoms with Gasteiger partial charge in [-0.25, -0.2) is 9.18 Å². The summed E-state index contributed by atoms with van der Waals surface area (Å²) in [6.45, 7) is 4.74. The number of carboxylic acids is 1. The first-order chi connectivity index (χ1) is 12.0. The van der Waals surface area contributed by atoms with Crippen LogP contribution in [-0.2, 0) is 16.1 Å². The molecule has 0 saturated carbocycles. The third-order valence-corrected chi connectivity index (χ3v) is 4.85. The van der Waals surface area contributed by atoms with E-state index in [1.54, 1.807) is 24.0 Å². The molecule has 1 aromatic rings. The van der Waals surface area contributed by atoms with Crippen LogP contribution < -0.4 is 0 Å². The number of halogens is 2. The molecule has 5 nitrogen and oxygen atoms in total. The van der Waals surface area contributed by atoms with Gasteiger partial charge in [0.25, 0.3) is 0 Å². The fraction of sp³-hybridized carbons (Fsp3) is 0.389. The van der Waals surface area contributed by atoms with Crippen LogP contribution in [0.4, 0.5) is 4.39 Å². The predicted octanol–water partition coefficient (Wildman–Crippen LogP) is 2.78. The number of benzene rings is 1. The van der Waals surface area contributed by atoms with Gasteiger partial charge in [-0.15, -0.1) is 0 Å². The molecule has 7 heteroatoms. The zero-order chi connectivity index (χ0) is 18.0. The molecule has 1 unspecified atom stereocenters. The number of hydrogen-bond donors (Lipinski definition) is 1. The van der Waals surface area contributed by atoms with Crippen molar-refractivity contribution in [2.45, 2.75) is 19.6 Å². The molecule has 3 rings (SSSR count). The number of carbonyl (C=O) groups is 1. The quantitative estimate of drug-likeness (QED) is 0.830. The Morgan fingerprint density at radius 3 is 2.76 bits per heavy atom. The Morgan fingerprint density at radius 2 is 2.12 bits per heavy atom. The Hall–Kier alpha value is -1.89. The monoisotopic (exact) mass is 366 g/mol. The molecule has 0 spiro atoms. The summed E-state index contributed by atoms with van der Waals surface area (Å²) in [6.07, 6.45) is 1.71. The molecule has 25 heavy (non-hydrogen) atoms. The van der Waals surface area contributed by atoms with Gasteiger partial charge in [-0.05, 0) is 36.3 Å². The number of carboxylic acid groups (broad SMARTS) is 1. The molecule has 2 aliphatic rings. The number of aliphatic carboxylic acids is 1. The maximum atomic E-state index is 13.5. The summed E-state index contributed by atoms with van der Waals surface area (Å²) in [5.74, 6) is -1.40. The van der Waals surface area contributed by atoms with E-state index in [4.69, 9.17) is 16.3 Å². The van der Waals surface area contributed by atoms with Crippen molar-refractivity contribution < 1.29 is 19.0 Å². The van der Waals surface area contributed by atoms with Crippen LogP contribution in [0.1, 0.15) is 12.5 Å². The smallest absolute Gasteiger partial charge is 0.339 e. The lowest BCUT2D eigenvalue weighted by Crippen LogP contribution is -2.52. The highest BCUT2D eigenvalue weighted by atomic mass is 35.5. The number of morpholine rings is 1. The number of rotatable bonds is 4. The Morgan fingerprint density at radius 1 is 1.40 bits per heavy atom. The SMILES string of the molecule is CC1=CC(N2CCOCC2)N(Cc2cccc(F)c2)C(Cl)=C1C(=O)O. The van der Waals surface area contributed by atoms with E-state index in [1.165, 1.54) is 12.1 Å². The molecular weight excluding hydrogens is 347 g/mol. The van der Waals surface area contributed by atoms with Crippen LogP contribution in [0, 0.1) is 5.82 Å². The minimum absolute atomic E-state index is 0.0857. The molecule has 0 aromatic heterocycles. The van der Waals surface area contributed by atoms with Gasteiger partial charge in [0.1, 0.15) is 17.1 Å². The summed E-state index contributed by atoms with van der Waals surface area (Å²) in [5.41, 5.74) is 1.45. The van der Waals surface area contributed by atoms with E-state index in [-0.39, 0.29) is 22.7 Å². The zero-order valence-corrected chi connectivity index (χ0v) is 14.7. The second kappa shape index (κ2) is 7.56. The molecule has 1 atom stereocenters. The highest BCUT2D eigenvalue weighted by molar-refractivity contribution is 6.31. The van der Waals surface area contributed by atoms with E-state index < -0.39 is 5.97 Å². The molecule has 1 aromatic carbocycles. The van der Waals surface area contributed by atoms with Crippen LogP contribution >= 0.6 is 11.6 Å². The summed E-state index contributed by atoms with van der Waals surface area (Å²) >= 11 is 6.47. The molecule has 0 amide bonds. The molecule has 0 radical (unpaired) electrons. The molecule has 2 heterocycles. The fourth-order valence-electron chi connectivity index (χ4n) is 3.22. The van der Waals surface area contributed by atoms with Gasteiger partial charge in [0.05, 0.1) is 18.8 Å². The Kier molecular flexibility index (Phi) is 5.42. The minimum Gasteiger partial charge on any atom is -0.478 e. The number of ether oxygens (including phenoxy) is 1. The van der Waals surface area contributed by atoms with Gasteiger partial charge in [-0.3, -0.25) is 4.90 Å². The lowest BCUT2D eigenvalue weighted by molar-refractivity contribution is -0.132. The fourth-order valence-corrected chi connectivity index (χ4v) is 3.61. The van der Waals surface area contributed by atoms with Crippen molar-refractivity contribution in [1.29, 1.82) is 0 Å². The standard InChI is InChI=1S/C18H20ClFN2O3/c1-12-9-15(21-5-7-25-8-6-21)22(17(19)16(12)18(23)24)11-13-3-2-4-14(20)10-13/h2-4,9-10,15H,5-8,11H2,1H3,(H,23,24). The van der Waals surface area contributed by atoms with Crippen LogP contribution in [0.15, 0.2) is 46.6 Å². The van der Waals surface area contributed by atoms with Gasteiger partial charge in [0.2, 0.25) is 0 Å². The van der Waals surface area contributed by atoms with Gasteiger partial charge >= 0.3 is 5.97 Å². The third-order valence-electron chi connectivity index (χ3n) is 4.45. The molecule has 1 N–H and O–H groups in total. The van der Waals surface area contributed by atoms with Crippen LogP contribution in [0.2, 0.25) is 0 Å². The van der Waals surface area contributed by atoms with Crippen LogP contribution in [-0.4, -0.2) is 53.3 Å². The first-order valence-corrected chi connectivity index (χ1v) is 8.50. The summed E-state index contributed by atoms with van der Waals surface area (Å²) in [7, 11) is 0. The molecule has 0 bridgehead atoms. The minimum atomic E-state index is -1.07. The van der Waals surface area contributed by atoms with E-state index in [0.717, 1.165) is 18.7 Å². The Bertz CT molecular complexity index is 729. The lowest BCUT2D eigenvalue weighted by Gasteiger charge is -2.43. The Labute approximate surface area is 150 Å². The van der Waals surface area contributed by atoms with Crippen LogP contribution in [0.5, 0.6) is 0 Å². The van der Waals surface area contributed by atoms with Gasteiger partial charge in [0.15, 0.2) is 0 Å². The molecule has 134 valence electrons. The Balaban J connectivity index is 1.96. The van der Waals surface area contributed by atoms with Crippen molar-refractivity contribution in [2.75, 3.05) is 26.3 Å². The van der Waals surface area contributed by atoms with Gasteiger partial charge < -0.3 is 14.7 Å². The maximum Gasteiger partial charge on any atom is 0.339 e. The molecule has 0 aliphatic carbocycles. The van der Waals surface area contributed by atoms with Gasteiger partial charge in [-0.2, -0.15) is 0 Å². The van der Waals surface area contributed by atoms with Crippen molar-refractivity contribution in [3.8, 4) is 0 Å². The average Bonchev–Trinajstić information content (AvgIpc) is 2.58. The molecular formula is C18H20ClFN2O3. The largest absolute Gasteiger partial charge is 0.478 e. The first kappa shape index (κ1) is 17.9. The van der Waals surface area contributed by atoms with Crippen molar-refractivity contribution in [1.82, 2.24) is 9.80 Å². The molecule has 1 fully saturated rings. The van der Waals surface area contributed by atoms with Crippen molar-refractivity contribution >= 4 is 17.6 Å². The summed E-state index contributed by atoms with van der Waals surface area (Å²) in [4.78, 5) is 15.6. The second-order valence-corrected chi connectivity index (χ2v) is 6.50. The van der Waals surface area contributed by atoms with E-state index in [2.05, 4.69) is 4.90 Å². The first-order valence-electron chi connectivity index (χ1n) is 8.12. The second-order valence-electron chi connectivity index (χ2n) is 6.14. The van der Waals surface area contributed by atoms with E-state index >= 15 is 0 Å². The molecule has 1 saturated heterocycles. The topological polar surface area (TPSA) is 53.0 Å². The highest BCUT2D eigenvalue weighted by Gasteiger charge is 2.33. The maximum absolute atomic E-state index is 13.5. The van der Waals surface area contributed by atoms with Crippen molar-refractivity contribution in [3.05, 3.63) is 58.0 Å². The van der Waals surface area contributed by atoms with Crippen LogP contribution in [0.3, 0.4) is 0 Å². The highest BCUT2D eigenvalue weighted by Crippen LogP contribution is 2.33. The van der Waals surface area contributed by atoms with E-state index in [0.29, 0.717) is 25.3 Å². The third kappa shape index (κ3) is 3.86. The van der Waals surface area contributed by atoms with E-state index in [9.17, 15) is 14.3 Å². The normalized spacial score (nSPS) is 22.1. The van der Waals surface area contributed by atoms with Gasteiger partial charge in [0, 0.05) is 19.6 Å². The number of hydrogen-bond acceptors (Lipinski definition) is 4. The summed E-state index contributed by atoms with van der Waals surface area (Å²) < 4.78 is 18.9. The average molecular weight is 367 g/mol. The predicted molar refractivity (Wildman–Crippen MR) is 92.4 cm³/mol. The lowest BCUT2D eigenvalue weighted by atomic mass is 10.0. The number of nitrogens with zero attached hydrogens (tertiary/aromatic N) is 2. The van der Waals surface area contributed by atoms with Crippen molar-refractivity contribution in [2.24, 2.45) is 0 Å². The van der Waals surface area contributed by atoms with Crippen LogP contribution in [0.25, 0.3) is 0 Å². The van der Waals surface area contributed by atoms with Crippen molar-refractivity contribution in [3.63, 3.8) is 0 Å². The molecule has 2 aliphatic heterocycles. The van der Waals surface area contributed by atoms with Gasteiger partial charge in [-0.1, -0.05) is 23.7 Å². The summed E-state index contributed by atoms with van der Waals surface area (Å²) in [5, 5.41) is 9.67. The van der Waals surface area contributed by atoms with E-state index in [1.807, 2.05) is 6.08 Å². The summed E-state index contributed by atoms with van der Waals surface area (Å²) in [6, 6.07) is 6.25. The zero-order valence-electron chi connectivity index (χ0n) is 13.9.